The molecule has 0 aliphatic heterocycles. The lowest BCUT2D eigenvalue weighted by molar-refractivity contribution is -0.392. The number of nitrogens with zero attached hydrogens (tertiary/aromatic N) is 3. The van der Waals surface area contributed by atoms with E-state index in [0.29, 0.717) is 17.0 Å². The number of imidazole rings is 1. The zero-order valence-electron chi connectivity index (χ0n) is 15.6. The van der Waals surface area contributed by atoms with Crippen molar-refractivity contribution in [1.82, 2.24) is 9.55 Å². The van der Waals surface area contributed by atoms with Crippen LogP contribution in [0.25, 0.3) is 0 Å². The van der Waals surface area contributed by atoms with E-state index in [9.17, 15) is 19.7 Å². The summed E-state index contributed by atoms with van der Waals surface area (Å²) in [5, 5.41) is 19.2. The summed E-state index contributed by atoms with van der Waals surface area (Å²) in [5.41, 5.74) is 0.779. The standard InChI is InChI=1S/C13H13N3O4.C7H6O2/c1-10-14-9-12(16(18)19)15(10)7-8-20-13(17)11-5-3-2-4-6-11;8-7(9)6-4-2-1-3-5-6/h2-6,9H,7-8H2,1H3;1-5H,(H,8,9). The van der Waals surface area contributed by atoms with Crippen molar-refractivity contribution in [2.75, 3.05) is 6.61 Å². The van der Waals surface area contributed by atoms with Crippen molar-refractivity contribution in [1.29, 1.82) is 0 Å². The average molecular weight is 397 g/mol. The van der Waals surface area contributed by atoms with Crippen LogP contribution in [0.2, 0.25) is 0 Å². The van der Waals surface area contributed by atoms with Gasteiger partial charge in [0.1, 0.15) is 19.3 Å². The van der Waals surface area contributed by atoms with Crippen molar-refractivity contribution in [3.63, 3.8) is 0 Å². The summed E-state index contributed by atoms with van der Waals surface area (Å²) in [5.74, 6) is -0.938. The van der Waals surface area contributed by atoms with Gasteiger partial charge in [0.15, 0.2) is 5.82 Å². The second-order valence-corrected chi connectivity index (χ2v) is 5.75. The van der Waals surface area contributed by atoms with Gasteiger partial charge in [-0.05, 0) is 29.2 Å². The van der Waals surface area contributed by atoms with E-state index < -0.39 is 16.9 Å². The molecule has 3 rings (SSSR count). The van der Waals surface area contributed by atoms with Crippen LogP contribution in [0.3, 0.4) is 0 Å². The highest BCUT2D eigenvalue weighted by Gasteiger charge is 2.17. The van der Waals surface area contributed by atoms with Crippen LogP contribution in [0.4, 0.5) is 5.82 Å². The Morgan fingerprint density at radius 1 is 1.07 bits per heavy atom. The van der Waals surface area contributed by atoms with Gasteiger partial charge in [0.25, 0.3) is 0 Å². The fourth-order valence-electron chi connectivity index (χ4n) is 2.35. The molecular formula is C20H19N3O6. The fraction of sp³-hybridized carbons (Fsp3) is 0.150. The maximum Gasteiger partial charge on any atom is 0.342 e. The number of nitro groups is 1. The number of carboxylic acids is 1. The van der Waals surface area contributed by atoms with Crippen molar-refractivity contribution in [2.24, 2.45) is 0 Å². The summed E-state index contributed by atoms with van der Waals surface area (Å²) < 4.78 is 6.48. The molecule has 0 unspecified atom stereocenters. The number of carboxylic acid groups (broad SMARTS) is 1. The third-order valence-corrected chi connectivity index (χ3v) is 3.80. The Labute approximate surface area is 166 Å². The highest BCUT2D eigenvalue weighted by molar-refractivity contribution is 5.89. The zero-order valence-corrected chi connectivity index (χ0v) is 15.6. The molecule has 150 valence electrons. The Morgan fingerprint density at radius 2 is 1.62 bits per heavy atom. The average Bonchev–Trinajstić information content (AvgIpc) is 3.10. The molecule has 1 aromatic heterocycles. The largest absolute Gasteiger partial charge is 0.478 e. The van der Waals surface area contributed by atoms with Gasteiger partial charge in [-0.3, -0.25) is 0 Å². The molecule has 0 radical (unpaired) electrons. The number of ether oxygens (including phenoxy) is 1. The number of esters is 1. The van der Waals surface area contributed by atoms with Gasteiger partial charge < -0.3 is 20.0 Å². The molecule has 0 fully saturated rings. The van der Waals surface area contributed by atoms with Crippen molar-refractivity contribution in [2.45, 2.75) is 13.5 Å². The molecule has 2 aromatic carbocycles. The first kappa shape index (κ1) is 21.3. The Balaban J connectivity index is 0.000000278. The minimum Gasteiger partial charge on any atom is -0.478 e. The normalized spacial score (nSPS) is 9.83. The topological polar surface area (TPSA) is 125 Å². The Bertz CT molecular complexity index is 970. The van der Waals surface area contributed by atoms with Crippen molar-refractivity contribution in [3.8, 4) is 0 Å². The molecule has 1 heterocycles. The summed E-state index contributed by atoms with van der Waals surface area (Å²) in [6.45, 7) is 1.90. The zero-order chi connectivity index (χ0) is 21.2. The van der Waals surface area contributed by atoms with Crippen molar-refractivity contribution >= 4 is 17.8 Å². The summed E-state index contributed by atoms with van der Waals surface area (Å²) in [6, 6.07) is 16.9. The number of aryl methyl sites for hydroxylation is 1. The van der Waals surface area contributed by atoms with Gasteiger partial charge in [-0.15, -0.1) is 0 Å². The van der Waals surface area contributed by atoms with Gasteiger partial charge >= 0.3 is 17.8 Å². The predicted octanol–water partition coefficient (Wildman–Crippen LogP) is 3.34. The summed E-state index contributed by atoms with van der Waals surface area (Å²) in [7, 11) is 0. The van der Waals surface area contributed by atoms with E-state index in [1.807, 2.05) is 0 Å². The third-order valence-electron chi connectivity index (χ3n) is 3.80. The van der Waals surface area contributed by atoms with Gasteiger partial charge in [-0.25, -0.2) is 19.1 Å². The van der Waals surface area contributed by atoms with Gasteiger partial charge in [0, 0.05) is 6.92 Å². The van der Waals surface area contributed by atoms with Crippen LogP contribution >= 0.6 is 0 Å². The molecule has 1 N–H and O–H groups in total. The van der Waals surface area contributed by atoms with E-state index in [0.717, 1.165) is 0 Å². The highest BCUT2D eigenvalue weighted by Crippen LogP contribution is 2.13. The van der Waals surface area contributed by atoms with Crippen LogP contribution in [-0.4, -0.2) is 38.1 Å². The highest BCUT2D eigenvalue weighted by atomic mass is 16.6. The first-order valence-electron chi connectivity index (χ1n) is 8.57. The molecule has 0 saturated carbocycles. The van der Waals surface area contributed by atoms with Gasteiger partial charge in [-0.2, -0.15) is 0 Å². The summed E-state index contributed by atoms with van der Waals surface area (Å²) >= 11 is 0. The Kier molecular flexibility index (Phi) is 7.60. The molecule has 0 aliphatic rings. The van der Waals surface area contributed by atoms with Crippen LogP contribution in [0.15, 0.2) is 66.9 Å². The minimum atomic E-state index is -0.879. The first-order chi connectivity index (χ1) is 13.9. The number of aromatic carboxylic acids is 1. The van der Waals surface area contributed by atoms with E-state index in [1.54, 1.807) is 67.6 Å². The molecule has 0 spiro atoms. The van der Waals surface area contributed by atoms with Crippen molar-refractivity contribution < 1.29 is 24.4 Å². The number of carbonyl (C=O) groups excluding carboxylic acids is 1. The SMILES string of the molecule is Cc1ncc([N+](=O)[O-])n1CCOC(=O)c1ccccc1.O=C(O)c1ccccc1. The van der Waals surface area contributed by atoms with Crippen LogP contribution in [0.1, 0.15) is 26.5 Å². The molecule has 29 heavy (non-hydrogen) atoms. The van der Waals surface area contributed by atoms with E-state index in [1.165, 1.54) is 10.8 Å². The van der Waals surface area contributed by atoms with Crippen LogP contribution in [-0.2, 0) is 11.3 Å². The number of rotatable bonds is 6. The number of benzene rings is 2. The van der Waals surface area contributed by atoms with E-state index in [4.69, 9.17) is 9.84 Å². The van der Waals surface area contributed by atoms with E-state index in [2.05, 4.69) is 4.98 Å². The van der Waals surface area contributed by atoms with Gasteiger partial charge in [-0.1, -0.05) is 36.4 Å². The lowest BCUT2D eigenvalue weighted by atomic mass is 10.2. The molecule has 0 aliphatic carbocycles. The lowest BCUT2D eigenvalue weighted by Gasteiger charge is -2.05. The van der Waals surface area contributed by atoms with E-state index in [-0.39, 0.29) is 19.0 Å². The van der Waals surface area contributed by atoms with Crippen LogP contribution in [0, 0.1) is 17.0 Å². The fourth-order valence-corrected chi connectivity index (χ4v) is 2.35. The van der Waals surface area contributed by atoms with Crippen LogP contribution in [0.5, 0.6) is 0 Å². The summed E-state index contributed by atoms with van der Waals surface area (Å²) in [6.07, 6.45) is 1.19. The lowest BCUT2D eigenvalue weighted by Crippen LogP contribution is -2.13. The molecule has 9 nitrogen and oxygen atoms in total. The van der Waals surface area contributed by atoms with Crippen molar-refractivity contribution in [3.05, 3.63) is 93.9 Å². The molecular weight excluding hydrogens is 378 g/mol. The smallest absolute Gasteiger partial charge is 0.342 e. The predicted molar refractivity (Wildman–Crippen MR) is 104 cm³/mol. The maximum atomic E-state index is 11.7. The van der Waals surface area contributed by atoms with E-state index >= 15 is 0 Å². The molecule has 0 saturated heterocycles. The minimum absolute atomic E-state index is 0.0474. The second-order valence-electron chi connectivity index (χ2n) is 5.75. The molecule has 3 aromatic rings. The van der Waals surface area contributed by atoms with Gasteiger partial charge in [0.2, 0.25) is 0 Å². The number of carbonyl (C=O) groups is 2. The van der Waals surface area contributed by atoms with Crippen LogP contribution < -0.4 is 0 Å². The molecule has 0 atom stereocenters. The summed E-state index contributed by atoms with van der Waals surface area (Å²) in [4.78, 5) is 36.0. The monoisotopic (exact) mass is 397 g/mol. The molecule has 9 heteroatoms. The Hall–Kier alpha value is -4.01. The molecule has 0 bridgehead atoms. The second kappa shape index (κ2) is 10.4. The number of hydrogen-bond acceptors (Lipinski definition) is 6. The maximum absolute atomic E-state index is 11.7. The Morgan fingerprint density at radius 3 is 2.10 bits per heavy atom. The number of hydrogen-bond donors (Lipinski definition) is 1. The van der Waals surface area contributed by atoms with Gasteiger partial charge in [0.05, 0.1) is 11.1 Å². The quantitative estimate of drug-likeness (QED) is 0.384. The first-order valence-corrected chi connectivity index (χ1v) is 8.57. The number of aromatic nitrogens is 2. The third kappa shape index (κ3) is 6.28. The molecule has 0 amide bonds.